The molecule has 0 radical (unpaired) electrons. The molecule has 0 aliphatic rings. The minimum atomic E-state index is 0.641. The number of pyridine rings is 1. The predicted octanol–water partition coefficient (Wildman–Crippen LogP) is 1.37. The van der Waals surface area contributed by atoms with Crippen molar-refractivity contribution in [2.45, 2.75) is 19.8 Å². The van der Waals surface area contributed by atoms with Gasteiger partial charge in [-0.15, -0.1) is 0 Å². The van der Waals surface area contributed by atoms with E-state index in [1.54, 1.807) is 6.20 Å². The van der Waals surface area contributed by atoms with Gasteiger partial charge in [0, 0.05) is 12.1 Å². The summed E-state index contributed by atoms with van der Waals surface area (Å²) >= 11 is 0. The van der Waals surface area contributed by atoms with Crippen molar-refractivity contribution in [1.82, 2.24) is 4.98 Å². The first kappa shape index (κ1) is 9.99. The Morgan fingerprint density at radius 2 is 2.31 bits per heavy atom. The Balaban J connectivity index is 2.48. The van der Waals surface area contributed by atoms with Crippen molar-refractivity contribution < 1.29 is 4.74 Å². The lowest BCUT2D eigenvalue weighted by molar-refractivity contribution is 0.316. The maximum absolute atomic E-state index is 5.41. The second kappa shape index (κ2) is 5.54. The van der Waals surface area contributed by atoms with Crippen LogP contribution in [0.5, 0.6) is 5.75 Å². The zero-order valence-corrected chi connectivity index (χ0v) is 7.99. The number of nitrogens with zero attached hydrogens (tertiary/aromatic N) is 1. The molecule has 13 heavy (non-hydrogen) atoms. The van der Waals surface area contributed by atoms with Gasteiger partial charge in [0.15, 0.2) is 0 Å². The van der Waals surface area contributed by atoms with Gasteiger partial charge in [0.2, 0.25) is 0 Å². The summed E-state index contributed by atoms with van der Waals surface area (Å²) in [6.45, 7) is 3.47. The van der Waals surface area contributed by atoms with Crippen LogP contribution >= 0.6 is 0 Å². The van der Waals surface area contributed by atoms with Gasteiger partial charge in [0.25, 0.3) is 0 Å². The van der Waals surface area contributed by atoms with E-state index in [1.807, 2.05) is 12.1 Å². The molecule has 3 heteroatoms. The summed E-state index contributed by atoms with van der Waals surface area (Å²) in [6.07, 6.45) is 3.60. The van der Waals surface area contributed by atoms with Gasteiger partial charge in [-0.1, -0.05) is 6.92 Å². The van der Waals surface area contributed by atoms with Crippen LogP contribution in [-0.4, -0.2) is 18.1 Å². The van der Waals surface area contributed by atoms with E-state index in [2.05, 4.69) is 11.9 Å². The molecule has 1 heterocycles. The van der Waals surface area contributed by atoms with Crippen LogP contribution in [0, 0.1) is 0 Å². The minimum absolute atomic E-state index is 0.641. The summed E-state index contributed by atoms with van der Waals surface area (Å²) in [4.78, 5) is 4.22. The maximum Gasteiger partial charge on any atom is 0.137 e. The van der Waals surface area contributed by atoms with E-state index in [-0.39, 0.29) is 0 Å². The Morgan fingerprint density at radius 3 is 2.85 bits per heavy atom. The molecule has 0 bridgehead atoms. The average molecular weight is 180 g/mol. The molecular formula is C10H16N2O. The highest BCUT2D eigenvalue weighted by atomic mass is 16.5. The Kier molecular flexibility index (Phi) is 4.26. The van der Waals surface area contributed by atoms with Crippen LogP contribution in [0.2, 0.25) is 0 Å². The molecule has 0 amide bonds. The Bertz CT molecular complexity index is 233. The van der Waals surface area contributed by atoms with Gasteiger partial charge in [-0.3, -0.25) is 4.98 Å². The molecule has 0 atom stereocenters. The first-order valence-electron chi connectivity index (χ1n) is 4.64. The zero-order valence-electron chi connectivity index (χ0n) is 7.99. The van der Waals surface area contributed by atoms with Gasteiger partial charge in [-0.2, -0.15) is 0 Å². The Labute approximate surface area is 78.9 Å². The minimum Gasteiger partial charge on any atom is -0.492 e. The topological polar surface area (TPSA) is 48.1 Å². The SMILES string of the molecule is CCCOc1ccc(CCN)nc1. The highest BCUT2D eigenvalue weighted by molar-refractivity contribution is 5.19. The summed E-state index contributed by atoms with van der Waals surface area (Å²) in [5, 5.41) is 0. The lowest BCUT2D eigenvalue weighted by atomic mass is 10.3. The number of ether oxygens (including phenoxy) is 1. The van der Waals surface area contributed by atoms with Crippen LogP contribution < -0.4 is 10.5 Å². The van der Waals surface area contributed by atoms with Crippen LogP contribution in [0.1, 0.15) is 19.0 Å². The number of rotatable bonds is 5. The van der Waals surface area contributed by atoms with Gasteiger partial charge >= 0.3 is 0 Å². The van der Waals surface area contributed by atoms with Crippen molar-refractivity contribution >= 4 is 0 Å². The summed E-state index contributed by atoms with van der Waals surface area (Å²) in [7, 11) is 0. The fourth-order valence-electron chi connectivity index (χ4n) is 1.01. The monoisotopic (exact) mass is 180 g/mol. The van der Waals surface area contributed by atoms with E-state index in [9.17, 15) is 0 Å². The normalized spacial score (nSPS) is 10.0. The third-order valence-corrected chi connectivity index (χ3v) is 1.67. The van der Waals surface area contributed by atoms with Crippen LogP contribution in [-0.2, 0) is 6.42 Å². The van der Waals surface area contributed by atoms with E-state index < -0.39 is 0 Å². The fourth-order valence-corrected chi connectivity index (χ4v) is 1.01. The second-order valence-electron chi connectivity index (χ2n) is 2.87. The summed E-state index contributed by atoms with van der Waals surface area (Å²) in [5.41, 5.74) is 6.43. The third-order valence-electron chi connectivity index (χ3n) is 1.67. The van der Waals surface area contributed by atoms with Gasteiger partial charge in [-0.25, -0.2) is 0 Å². The van der Waals surface area contributed by atoms with E-state index >= 15 is 0 Å². The molecule has 1 rings (SSSR count). The van der Waals surface area contributed by atoms with Crippen LogP contribution in [0.4, 0.5) is 0 Å². The molecule has 0 spiro atoms. The average Bonchev–Trinajstić information content (AvgIpc) is 2.17. The Morgan fingerprint density at radius 1 is 1.46 bits per heavy atom. The molecule has 0 aliphatic heterocycles. The zero-order chi connectivity index (χ0) is 9.52. The molecule has 0 saturated carbocycles. The maximum atomic E-state index is 5.41. The summed E-state index contributed by atoms with van der Waals surface area (Å²) in [6, 6.07) is 3.89. The second-order valence-corrected chi connectivity index (χ2v) is 2.87. The highest BCUT2D eigenvalue weighted by Crippen LogP contribution is 2.09. The predicted molar refractivity (Wildman–Crippen MR) is 52.8 cm³/mol. The van der Waals surface area contributed by atoms with E-state index in [1.165, 1.54) is 0 Å². The first-order valence-corrected chi connectivity index (χ1v) is 4.64. The Hall–Kier alpha value is -1.09. The number of hydrogen-bond donors (Lipinski definition) is 1. The number of hydrogen-bond acceptors (Lipinski definition) is 3. The molecule has 0 fully saturated rings. The molecule has 1 aromatic heterocycles. The molecule has 72 valence electrons. The van der Waals surface area contributed by atoms with Crippen molar-refractivity contribution in [3.63, 3.8) is 0 Å². The standard InChI is InChI=1S/C10H16N2O/c1-2-7-13-10-4-3-9(5-6-11)12-8-10/h3-4,8H,2,5-7,11H2,1H3. The smallest absolute Gasteiger partial charge is 0.137 e. The molecular weight excluding hydrogens is 164 g/mol. The molecule has 0 aliphatic carbocycles. The van der Waals surface area contributed by atoms with E-state index in [0.29, 0.717) is 6.54 Å². The third kappa shape index (κ3) is 3.42. The number of aromatic nitrogens is 1. The molecule has 1 aromatic rings. The molecule has 0 unspecified atom stereocenters. The van der Waals surface area contributed by atoms with Crippen molar-refractivity contribution in [2.75, 3.05) is 13.2 Å². The fraction of sp³-hybridized carbons (Fsp3) is 0.500. The van der Waals surface area contributed by atoms with Crippen molar-refractivity contribution in [2.24, 2.45) is 5.73 Å². The van der Waals surface area contributed by atoms with Crippen molar-refractivity contribution in [3.05, 3.63) is 24.0 Å². The quantitative estimate of drug-likeness (QED) is 0.744. The summed E-state index contributed by atoms with van der Waals surface area (Å²) in [5.74, 6) is 0.836. The van der Waals surface area contributed by atoms with E-state index in [0.717, 1.165) is 30.9 Å². The lowest BCUT2D eigenvalue weighted by Gasteiger charge is -2.04. The van der Waals surface area contributed by atoms with Crippen LogP contribution in [0.25, 0.3) is 0 Å². The van der Waals surface area contributed by atoms with Gasteiger partial charge < -0.3 is 10.5 Å². The number of nitrogens with two attached hydrogens (primary N) is 1. The first-order chi connectivity index (χ1) is 6.36. The highest BCUT2D eigenvalue weighted by Gasteiger charge is 1.95. The van der Waals surface area contributed by atoms with Gasteiger partial charge in [0.05, 0.1) is 12.8 Å². The molecule has 0 saturated heterocycles. The summed E-state index contributed by atoms with van der Waals surface area (Å²) < 4.78 is 5.39. The molecule has 3 nitrogen and oxygen atoms in total. The molecule has 0 aromatic carbocycles. The van der Waals surface area contributed by atoms with Gasteiger partial charge in [-0.05, 0) is 25.1 Å². The van der Waals surface area contributed by atoms with Crippen molar-refractivity contribution in [1.29, 1.82) is 0 Å². The largest absolute Gasteiger partial charge is 0.492 e. The van der Waals surface area contributed by atoms with E-state index in [4.69, 9.17) is 10.5 Å². The van der Waals surface area contributed by atoms with Gasteiger partial charge in [0.1, 0.15) is 5.75 Å². The van der Waals surface area contributed by atoms with Crippen LogP contribution in [0.15, 0.2) is 18.3 Å². The lowest BCUT2D eigenvalue weighted by Crippen LogP contribution is -2.04. The molecule has 2 N–H and O–H groups in total. The van der Waals surface area contributed by atoms with Crippen molar-refractivity contribution in [3.8, 4) is 5.75 Å². The van der Waals surface area contributed by atoms with Crippen LogP contribution in [0.3, 0.4) is 0 Å².